The summed E-state index contributed by atoms with van der Waals surface area (Å²) in [5.41, 5.74) is 9.85. The Hall–Kier alpha value is 1.69. The molecule has 11 heteroatoms. The van der Waals surface area contributed by atoms with Gasteiger partial charge in [-0.25, -0.2) is 0 Å². The average Bonchev–Trinajstić information content (AvgIpc) is 2.20. The standard InChI is InChI=1S/2C2H7NS.2ClH.Ge2O3/c2*3-1-2-4;;;3-1-5-2-4/h2*4H,1-3H2;2*1H;/p-2. The molecule has 94 valence electrons. The molecule has 0 aromatic rings. The Balaban J connectivity index is -0.0000000315. The van der Waals surface area contributed by atoms with Crippen molar-refractivity contribution in [2.75, 3.05) is 24.6 Å². The third-order valence-corrected chi connectivity index (χ3v) is 2.96. The molecule has 0 fully saturated rings. The first-order chi connectivity index (χ1) is 6.24. The van der Waals surface area contributed by atoms with Gasteiger partial charge in [0.05, 0.1) is 0 Å². The molecule has 0 spiro atoms. The Kier molecular flexibility index (Phi) is 89.9. The van der Waals surface area contributed by atoms with Crippen molar-refractivity contribution in [3.63, 3.8) is 0 Å². The molecule has 4 N–H and O–H groups in total. The zero-order chi connectivity index (χ0) is 10.9. The van der Waals surface area contributed by atoms with E-state index in [2.05, 4.69) is 28.0 Å². The SMILES string of the molecule is Cl.Cl.NCC[S-].NCC[S-].[O]=[Ge][O][Ge]=[O]. The van der Waals surface area contributed by atoms with E-state index in [0.29, 0.717) is 24.6 Å². The van der Waals surface area contributed by atoms with Crippen molar-refractivity contribution in [1.82, 2.24) is 0 Å². The second-order valence-corrected chi connectivity index (χ2v) is 5.42. The predicted octanol–water partition coefficient (Wildman–Crippen LogP) is -1.24. The third kappa shape index (κ3) is 90.9. The van der Waals surface area contributed by atoms with Crippen LogP contribution in [-0.2, 0) is 35.6 Å². The van der Waals surface area contributed by atoms with Gasteiger partial charge in [0.1, 0.15) is 0 Å². The first-order valence-electron chi connectivity index (χ1n) is 3.21. The van der Waals surface area contributed by atoms with Crippen molar-refractivity contribution in [1.29, 1.82) is 0 Å². The van der Waals surface area contributed by atoms with Gasteiger partial charge in [0.25, 0.3) is 0 Å². The van der Waals surface area contributed by atoms with Gasteiger partial charge in [0.2, 0.25) is 0 Å². The fourth-order valence-electron chi connectivity index (χ4n) is 0.0170. The van der Waals surface area contributed by atoms with Crippen molar-refractivity contribution in [2.24, 2.45) is 11.5 Å². The molecule has 0 unspecified atom stereocenters. The molecule has 0 heterocycles. The summed E-state index contributed by atoms with van der Waals surface area (Å²) in [5.74, 6) is 1.36. The monoisotopic (exact) mass is 420 g/mol. The van der Waals surface area contributed by atoms with E-state index in [9.17, 15) is 7.56 Å². The summed E-state index contributed by atoms with van der Waals surface area (Å²) >= 11 is 5.86. The minimum absolute atomic E-state index is 0. The number of nitrogens with two attached hydrogens (primary N) is 2. The van der Waals surface area contributed by atoms with Crippen molar-refractivity contribution in [2.45, 2.75) is 0 Å². The van der Waals surface area contributed by atoms with Gasteiger partial charge in [-0.2, -0.15) is 11.5 Å². The van der Waals surface area contributed by atoms with Crippen LogP contribution >= 0.6 is 24.8 Å². The molecule has 15 heavy (non-hydrogen) atoms. The molecule has 0 rings (SSSR count). The maximum atomic E-state index is 9.26. The van der Waals surface area contributed by atoms with Gasteiger partial charge in [-0.1, -0.05) is 0 Å². The second kappa shape index (κ2) is 44.8. The van der Waals surface area contributed by atoms with Crippen LogP contribution in [0.25, 0.3) is 0 Å². The number of hydrogen-bond donors (Lipinski definition) is 2. The van der Waals surface area contributed by atoms with Crippen LogP contribution in [0.3, 0.4) is 0 Å². The van der Waals surface area contributed by atoms with Crippen LogP contribution in [-0.4, -0.2) is 56.0 Å². The van der Waals surface area contributed by atoms with Crippen molar-refractivity contribution >= 4 is 81.5 Å². The first kappa shape index (κ1) is 30.1. The van der Waals surface area contributed by atoms with Crippen molar-refractivity contribution < 1.29 is 10.3 Å². The summed E-state index contributed by atoms with van der Waals surface area (Å²) in [5, 5.41) is 0. The molecule has 0 saturated heterocycles. The maximum absolute atomic E-state index is 9.26. The first-order valence-corrected chi connectivity index (χ1v) is 7.79. The topological polar surface area (TPSA) is 95.4 Å². The van der Waals surface area contributed by atoms with Crippen LogP contribution < -0.4 is 11.5 Å². The molecule has 0 aliphatic heterocycles. The van der Waals surface area contributed by atoms with E-state index in [1.807, 2.05) is 0 Å². The minimum atomic E-state index is -1.50. The van der Waals surface area contributed by atoms with Gasteiger partial charge >= 0.3 is 41.8 Å². The van der Waals surface area contributed by atoms with Crippen LogP contribution in [0.15, 0.2) is 0 Å². The molecule has 0 saturated carbocycles. The third-order valence-electron chi connectivity index (χ3n) is 0.319. The number of rotatable bonds is 4. The van der Waals surface area contributed by atoms with E-state index in [1.54, 1.807) is 0 Å². The van der Waals surface area contributed by atoms with Gasteiger partial charge in [-0.3, -0.25) is 0 Å². The fourth-order valence-corrected chi connectivity index (χ4v) is 0.459. The second-order valence-electron chi connectivity index (χ2n) is 1.25. The van der Waals surface area contributed by atoms with E-state index in [0.717, 1.165) is 0 Å². The zero-order valence-electron chi connectivity index (χ0n) is 7.84. The Morgan fingerprint density at radius 2 is 1.13 bits per heavy atom. The van der Waals surface area contributed by atoms with E-state index in [1.165, 1.54) is 0 Å². The molecule has 0 atom stereocenters. The van der Waals surface area contributed by atoms with E-state index in [-0.39, 0.29) is 24.8 Å². The molecule has 0 aliphatic carbocycles. The van der Waals surface area contributed by atoms with Crippen LogP contribution in [0.1, 0.15) is 0 Å². The predicted molar refractivity (Wildman–Crippen MR) is 71.0 cm³/mol. The summed E-state index contributed by atoms with van der Waals surface area (Å²) in [4.78, 5) is 0. The summed E-state index contributed by atoms with van der Waals surface area (Å²) in [6.45, 7) is 1.27. The number of hydrogen-bond acceptors (Lipinski definition) is 7. The van der Waals surface area contributed by atoms with Gasteiger partial charge in [0, 0.05) is 0 Å². The van der Waals surface area contributed by atoms with Crippen LogP contribution in [0.2, 0.25) is 0 Å². The van der Waals surface area contributed by atoms with Gasteiger partial charge in [-0.05, 0) is 13.1 Å². The summed E-state index contributed by atoms with van der Waals surface area (Å²) < 4.78 is 22.5. The van der Waals surface area contributed by atoms with Crippen molar-refractivity contribution in [3.05, 3.63) is 0 Å². The van der Waals surface area contributed by atoms with E-state index < -0.39 is 31.4 Å². The number of halogens is 2. The van der Waals surface area contributed by atoms with Crippen molar-refractivity contribution in [3.8, 4) is 0 Å². The molecular weight excluding hydrogens is 404 g/mol. The molecule has 0 aliphatic rings. The van der Waals surface area contributed by atoms with E-state index >= 15 is 0 Å². The molecule has 0 bridgehead atoms. The normalized spacial score (nSPS) is 5.87. The Morgan fingerprint density at radius 1 is 0.933 bits per heavy atom. The van der Waals surface area contributed by atoms with Crippen LogP contribution in [0.4, 0.5) is 0 Å². The molecule has 2 radical (unpaired) electrons. The van der Waals surface area contributed by atoms with Gasteiger partial charge in [-0.15, -0.1) is 24.8 Å². The van der Waals surface area contributed by atoms with Gasteiger partial charge in [0.15, 0.2) is 0 Å². The average molecular weight is 418 g/mol. The van der Waals surface area contributed by atoms with E-state index in [4.69, 9.17) is 11.5 Å². The zero-order valence-corrected chi connectivity index (χ0v) is 15.3. The summed E-state index contributed by atoms with van der Waals surface area (Å²) in [6.07, 6.45) is 0. The molecular formula is C4H14Cl2Ge2N2O3S2-2. The molecule has 0 aromatic heterocycles. The van der Waals surface area contributed by atoms with Crippen LogP contribution in [0, 0.1) is 0 Å². The Bertz CT molecular complexity index is 96.0. The van der Waals surface area contributed by atoms with Gasteiger partial charge < -0.3 is 36.7 Å². The quantitative estimate of drug-likeness (QED) is 0.436. The molecule has 0 aromatic carbocycles. The summed E-state index contributed by atoms with van der Waals surface area (Å²) in [6, 6.07) is 0. The summed E-state index contributed by atoms with van der Waals surface area (Å²) in [7, 11) is 0. The Morgan fingerprint density at radius 3 is 1.13 bits per heavy atom. The molecule has 5 nitrogen and oxygen atoms in total. The van der Waals surface area contributed by atoms with Crippen LogP contribution in [0.5, 0.6) is 0 Å². The molecule has 0 amide bonds. The fraction of sp³-hybridized carbons (Fsp3) is 1.00. The Labute approximate surface area is 127 Å².